The molecule has 158 valence electrons. The van der Waals surface area contributed by atoms with Gasteiger partial charge in [0.05, 0.1) is 12.8 Å². The number of para-hydroxylation sites is 1. The van der Waals surface area contributed by atoms with Gasteiger partial charge in [0.25, 0.3) is 5.91 Å². The molecule has 0 aliphatic heterocycles. The predicted octanol–water partition coefficient (Wildman–Crippen LogP) is 2.99. The minimum atomic E-state index is -3.87. The van der Waals surface area contributed by atoms with Gasteiger partial charge >= 0.3 is 0 Å². The normalized spacial score (nSPS) is 11.5. The molecular formula is C20H22N4O5S. The maximum Gasteiger partial charge on any atom is 0.255 e. The van der Waals surface area contributed by atoms with E-state index in [9.17, 15) is 13.2 Å². The number of hydrogen-bond donors (Lipinski definition) is 2. The first-order valence-corrected chi connectivity index (χ1v) is 10.6. The van der Waals surface area contributed by atoms with Crippen molar-refractivity contribution < 1.29 is 22.5 Å². The number of nitrogens with one attached hydrogen (secondary N) is 2. The Balaban J connectivity index is 1.95. The lowest BCUT2D eigenvalue weighted by molar-refractivity contribution is 0.102. The number of aromatic nitrogens is 2. The summed E-state index contributed by atoms with van der Waals surface area (Å²) in [5.41, 5.74) is 1.19. The predicted molar refractivity (Wildman–Crippen MR) is 111 cm³/mol. The third-order valence-electron chi connectivity index (χ3n) is 4.05. The average molecular weight is 430 g/mol. The van der Waals surface area contributed by atoms with E-state index in [-0.39, 0.29) is 22.3 Å². The second kappa shape index (κ2) is 8.64. The molecule has 2 N–H and O–H groups in total. The van der Waals surface area contributed by atoms with E-state index in [1.54, 1.807) is 45.0 Å². The van der Waals surface area contributed by atoms with E-state index in [1.807, 2.05) is 0 Å². The van der Waals surface area contributed by atoms with Crippen molar-refractivity contribution in [3.8, 4) is 17.1 Å². The van der Waals surface area contributed by atoms with Crippen LogP contribution in [0, 0.1) is 6.92 Å². The van der Waals surface area contributed by atoms with Gasteiger partial charge < -0.3 is 14.6 Å². The van der Waals surface area contributed by atoms with Crippen LogP contribution < -0.4 is 14.8 Å². The number of carbonyl (C=O) groups excluding carboxylic acids is 1. The van der Waals surface area contributed by atoms with Crippen LogP contribution in [0.5, 0.6) is 5.75 Å². The third kappa shape index (κ3) is 4.66. The minimum absolute atomic E-state index is 0.117. The van der Waals surface area contributed by atoms with Crippen LogP contribution in [-0.2, 0) is 10.0 Å². The summed E-state index contributed by atoms with van der Waals surface area (Å²) in [7, 11) is -2.50. The fourth-order valence-corrected chi connectivity index (χ4v) is 4.24. The van der Waals surface area contributed by atoms with Crippen LogP contribution in [-0.4, -0.2) is 37.6 Å². The number of amides is 1. The minimum Gasteiger partial charge on any atom is -0.495 e. The molecule has 10 heteroatoms. The number of rotatable bonds is 7. The Hall–Kier alpha value is -3.24. The molecule has 1 heterocycles. The van der Waals surface area contributed by atoms with Gasteiger partial charge in [-0.3, -0.25) is 4.79 Å². The average Bonchev–Trinajstić information content (AvgIpc) is 3.13. The summed E-state index contributed by atoms with van der Waals surface area (Å²) < 4.78 is 38.0. The Morgan fingerprint density at radius 3 is 2.53 bits per heavy atom. The quantitative estimate of drug-likeness (QED) is 0.590. The van der Waals surface area contributed by atoms with Crippen molar-refractivity contribution >= 4 is 21.6 Å². The summed E-state index contributed by atoms with van der Waals surface area (Å²) in [6.45, 7) is 5.08. The molecule has 3 rings (SSSR count). The van der Waals surface area contributed by atoms with E-state index in [0.717, 1.165) is 0 Å². The lowest BCUT2D eigenvalue weighted by Gasteiger charge is -2.14. The number of carbonyl (C=O) groups is 1. The van der Waals surface area contributed by atoms with Gasteiger partial charge in [-0.1, -0.05) is 17.3 Å². The summed E-state index contributed by atoms with van der Waals surface area (Å²) in [5, 5.41) is 6.66. The van der Waals surface area contributed by atoms with Crippen molar-refractivity contribution in [3.63, 3.8) is 0 Å². The zero-order valence-electron chi connectivity index (χ0n) is 17.0. The van der Waals surface area contributed by atoms with Gasteiger partial charge in [0.2, 0.25) is 21.7 Å². The number of ether oxygens (including phenoxy) is 1. The molecule has 0 bridgehead atoms. The molecule has 9 nitrogen and oxygen atoms in total. The largest absolute Gasteiger partial charge is 0.495 e. The van der Waals surface area contributed by atoms with Gasteiger partial charge in [0.1, 0.15) is 10.6 Å². The highest BCUT2D eigenvalue weighted by Gasteiger charge is 2.23. The fraction of sp³-hybridized carbons (Fsp3) is 0.250. The number of sulfonamides is 1. The molecule has 2 aromatic carbocycles. The van der Waals surface area contributed by atoms with Gasteiger partial charge in [-0.25, -0.2) is 13.1 Å². The first-order valence-electron chi connectivity index (χ1n) is 9.12. The highest BCUT2D eigenvalue weighted by atomic mass is 32.2. The number of methoxy groups -OCH3 is 1. The van der Waals surface area contributed by atoms with Crippen LogP contribution >= 0.6 is 0 Å². The summed E-state index contributed by atoms with van der Waals surface area (Å²) in [5.74, 6) is 0.380. The smallest absolute Gasteiger partial charge is 0.255 e. The molecule has 1 amide bonds. The van der Waals surface area contributed by atoms with Crippen molar-refractivity contribution in [1.29, 1.82) is 0 Å². The third-order valence-corrected chi connectivity index (χ3v) is 5.73. The molecule has 0 aliphatic rings. The van der Waals surface area contributed by atoms with Crippen molar-refractivity contribution in [3.05, 3.63) is 53.9 Å². The monoisotopic (exact) mass is 430 g/mol. The molecule has 0 saturated carbocycles. The van der Waals surface area contributed by atoms with E-state index in [2.05, 4.69) is 20.2 Å². The standard InChI is InChI=1S/C20H22N4O5S/c1-12(2)24-30(26,27)18-11-14(9-10-17(18)28-4)20(25)22-16-8-6-5-7-15(16)19-21-13(3)29-23-19/h5-12,24H,1-4H3,(H,22,25). The van der Waals surface area contributed by atoms with E-state index >= 15 is 0 Å². The lowest BCUT2D eigenvalue weighted by Crippen LogP contribution is -2.30. The van der Waals surface area contributed by atoms with Crippen LogP contribution in [0.1, 0.15) is 30.1 Å². The van der Waals surface area contributed by atoms with Crippen molar-refractivity contribution in [2.24, 2.45) is 0 Å². The van der Waals surface area contributed by atoms with Crippen molar-refractivity contribution in [2.75, 3.05) is 12.4 Å². The van der Waals surface area contributed by atoms with Crippen LogP contribution in [0.2, 0.25) is 0 Å². The topological polar surface area (TPSA) is 123 Å². The molecule has 0 spiro atoms. The fourth-order valence-electron chi connectivity index (χ4n) is 2.79. The maximum atomic E-state index is 12.9. The zero-order chi connectivity index (χ0) is 21.9. The molecular weight excluding hydrogens is 408 g/mol. The van der Waals surface area contributed by atoms with Crippen molar-refractivity contribution in [1.82, 2.24) is 14.9 Å². The molecule has 0 radical (unpaired) electrons. The van der Waals surface area contributed by atoms with E-state index < -0.39 is 15.9 Å². The van der Waals surface area contributed by atoms with Gasteiger partial charge in [0.15, 0.2) is 0 Å². The Labute approximate surface area is 174 Å². The Bertz CT molecular complexity index is 1170. The molecule has 0 aliphatic carbocycles. The highest BCUT2D eigenvalue weighted by Crippen LogP contribution is 2.28. The summed E-state index contributed by atoms with van der Waals surface area (Å²) in [6, 6.07) is 10.9. The second-order valence-corrected chi connectivity index (χ2v) is 8.46. The van der Waals surface area contributed by atoms with E-state index in [1.165, 1.54) is 25.3 Å². The van der Waals surface area contributed by atoms with Gasteiger partial charge in [-0.15, -0.1) is 0 Å². The summed E-state index contributed by atoms with van der Waals surface area (Å²) >= 11 is 0. The van der Waals surface area contributed by atoms with Crippen LogP contribution in [0.25, 0.3) is 11.4 Å². The van der Waals surface area contributed by atoms with Crippen molar-refractivity contribution in [2.45, 2.75) is 31.7 Å². The molecule has 1 aromatic heterocycles. The van der Waals surface area contributed by atoms with Gasteiger partial charge in [-0.2, -0.15) is 4.98 Å². The van der Waals surface area contributed by atoms with Crippen LogP contribution in [0.15, 0.2) is 51.9 Å². The van der Waals surface area contributed by atoms with E-state index in [4.69, 9.17) is 9.26 Å². The number of hydrogen-bond acceptors (Lipinski definition) is 7. The molecule has 0 unspecified atom stereocenters. The Kier molecular flexibility index (Phi) is 6.18. The maximum absolute atomic E-state index is 12.9. The second-order valence-electron chi connectivity index (χ2n) is 6.78. The first kappa shape index (κ1) is 21.5. The number of benzene rings is 2. The van der Waals surface area contributed by atoms with E-state index in [0.29, 0.717) is 23.0 Å². The number of anilines is 1. The molecule has 0 fully saturated rings. The summed E-state index contributed by atoms with van der Waals surface area (Å²) in [4.78, 5) is 16.9. The van der Waals surface area contributed by atoms with Gasteiger partial charge in [0, 0.05) is 24.1 Å². The molecule has 0 atom stereocenters. The Morgan fingerprint density at radius 2 is 1.90 bits per heavy atom. The molecule has 3 aromatic rings. The van der Waals surface area contributed by atoms with Crippen LogP contribution in [0.3, 0.4) is 0 Å². The zero-order valence-corrected chi connectivity index (χ0v) is 17.8. The summed E-state index contributed by atoms with van der Waals surface area (Å²) in [6.07, 6.45) is 0. The van der Waals surface area contributed by atoms with Gasteiger partial charge in [-0.05, 0) is 44.2 Å². The number of aryl methyl sites for hydroxylation is 1. The SMILES string of the molecule is COc1ccc(C(=O)Nc2ccccc2-c2noc(C)n2)cc1S(=O)(=O)NC(C)C. The highest BCUT2D eigenvalue weighted by molar-refractivity contribution is 7.89. The molecule has 30 heavy (non-hydrogen) atoms. The Morgan fingerprint density at radius 1 is 1.17 bits per heavy atom. The van der Waals surface area contributed by atoms with Crippen LogP contribution in [0.4, 0.5) is 5.69 Å². The first-order chi connectivity index (χ1) is 14.2. The molecule has 0 saturated heterocycles. The lowest BCUT2D eigenvalue weighted by atomic mass is 10.1. The number of nitrogens with zero attached hydrogens (tertiary/aromatic N) is 2.